The molecule has 0 unspecified atom stereocenters. The maximum absolute atomic E-state index is 12.9. The SMILES string of the molecule is CCOC(=O)C1CCN(C(=O)CN(C)C(=O)c2cccc(S(=O)(=O)N3CCNC(=O)C3)c2)CC1. The van der Waals surface area contributed by atoms with Crippen LogP contribution in [0.15, 0.2) is 29.2 Å². The molecule has 0 saturated carbocycles. The highest BCUT2D eigenvalue weighted by Gasteiger charge is 2.31. The molecule has 3 rings (SSSR count). The molecule has 2 aliphatic heterocycles. The van der Waals surface area contributed by atoms with Crippen molar-refractivity contribution < 1.29 is 32.3 Å². The molecule has 2 saturated heterocycles. The zero-order valence-corrected chi connectivity index (χ0v) is 20.2. The van der Waals surface area contributed by atoms with Gasteiger partial charge in [-0.2, -0.15) is 4.31 Å². The summed E-state index contributed by atoms with van der Waals surface area (Å²) in [5.41, 5.74) is 0.124. The number of benzene rings is 1. The highest BCUT2D eigenvalue weighted by molar-refractivity contribution is 7.89. The highest BCUT2D eigenvalue weighted by atomic mass is 32.2. The number of amides is 3. The van der Waals surface area contributed by atoms with Crippen LogP contribution in [0.4, 0.5) is 0 Å². The molecule has 2 aliphatic rings. The van der Waals surface area contributed by atoms with E-state index >= 15 is 0 Å². The Morgan fingerprint density at radius 2 is 1.88 bits per heavy atom. The number of rotatable bonds is 7. The molecule has 0 spiro atoms. The molecular formula is C22H30N4O7S. The van der Waals surface area contributed by atoms with E-state index in [0.29, 0.717) is 32.5 Å². The number of ether oxygens (including phenoxy) is 1. The number of carbonyl (C=O) groups excluding carboxylic acids is 4. The number of carbonyl (C=O) groups is 4. The van der Waals surface area contributed by atoms with Crippen LogP contribution in [0.1, 0.15) is 30.1 Å². The molecule has 0 bridgehead atoms. The van der Waals surface area contributed by atoms with Gasteiger partial charge in [0, 0.05) is 38.8 Å². The van der Waals surface area contributed by atoms with Crippen molar-refractivity contribution >= 4 is 33.7 Å². The van der Waals surface area contributed by atoms with Crippen molar-refractivity contribution in [1.82, 2.24) is 19.4 Å². The normalized spacial score (nSPS) is 17.7. The Hall–Kier alpha value is -2.99. The number of likely N-dealkylation sites (tertiary alicyclic amines) is 1. The number of likely N-dealkylation sites (N-methyl/N-ethyl adjacent to an activating group) is 1. The molecular weight excluding hydrogens is 464 g/mol. The van der Waals surface area contributed by atoms with E-state index in [0.717, 1.165) is 4.31 Å². The minimum absolute atomic E-state index is 0.0891. The van der Waals surface area contributed by atoms with Crippen molar-refractivity contribution in [2.24, 2.45) is 5.92 Å². The molecule has 1 N–H and O–H groups in total. The van der Waals surface area contributed by atoms with Gasteiger partial charge in [-0.05, 0) is 38.0 Å². The molecule has 0 atom stereocenters. The van der Waals surface area contributed by atoms with Gasteiger partial charge in [-0.25, -0.2) is 8.42 Å². The lowest BCUT2D eigenvalue weighted by molar-refractivity contribution is -0.151. The average Bonchev–Trinajstić information content (AvgIpc) is 2.83. The predicted octanol–water partition coefficient (Wildman–Crippen LogP) is -0.319. The van der Waals surface area contributed by atoms with Crippen LogP contribution >= 0.6 is 0 Å². The van der Waals surface area contributed by atoms with Crippen molar-refractivity contribution in [1.29, 1.82) is 0 Å². The predicted molar refractivity (Wildman–Crippen MR) is 121 cm³/mol. The van der Waals surface area contributed by atoms with Gasteiger partial charge >= 0.3 is 5.97 Å². The number of sulfonamides is 1. The number of hydrogen-bond donors (Lipinski definition) is 1. The second-order valence-electron chi connectivity index (χ2n) is 8.28. The van der Waals surface area contributed by atoms with Gasteiger partial charge in [0.15, 0.2) is 0 Å². The van der Waals surface area contributed by atoms with Crippen LogP contribution in [0, 0.1) is 5.92 Å². The third-order valence-electron chi connectivity index (χ3n) is 5.91. The third kappa shape index (κ3) is 5.92. The Bertz CT molecular complexity index is 1050. The summed E-state index contributed by atoms with van der Waals surface area (Å²) in [6.45, 7) is 2.80. The van der Waals surface area contributed by atoms with Gasteiger partial charge in [0.1, 0.15) is 0 Å². The van der Waals surface area contributed by atoms with Crippen LogP contribution in [-0.2, 0) is 29.1 Å². The first kappa shape index (κ1) is 25.6. The van der Waals surface area contributed by atoms with Gasteiger partial charge in [-0.1, -0.05) is 6.07 Å². The largest absolute Gasteiger partial charge is 0.466 e. The molecule has 0 radical (unpaired) electrons. The topological polar surface area (TPSA) is 133 Å². The number of esters is 1. The number of nitrogens with zero attached hydrogens (tertiary/aromatic N) is 3. The first-order valence-electron chi connectivity index (χ1n) is 11.2. The summed E-state index contributed by atoms with van der Waals surface area (Å²) in [4.78, 5) is 51.8. The lowest BCUT2D eigenvalue weighted by Crippen LogP contribution is -2.49. The standard InChI is InChI=1S/C22H30N4O7S/c1-3-33-22(30)16-7-10-25(11-8-16)20(28)15-24(2)21(29)17-5-4-6-18(13-17)34(31,32)26-12-9-23-19(27)14-26/h4-6,13,16H,3,7-12,14-15H2,1-2H3,(H,23,27). The molecule has 0 aliphatic carbocycles. The van der Waals surface area contributed by atoms with Crippen LogP contribution in [0.5, 0.6) is 0 Å². The number of hydrogen-bond acceptors (Lipinski definition) is 7. The smallest absolute Gasteiger partial charge is 0.309 e. The van der Waals surface area contributed by atoms with Crippen LogP contribution in [0.25, 0.3) is 0 Å². The lowest BCUT2D eigenvalue weighted by Gasteiger charge is -2.32. The number of piperidine rings is 1. The summed E-state index contributed by atoms with van der Waals surface area (Å²) in [6.07, 6.45) is 1.02. The summed E-state index contributed by atoms with van der Waals surface area (Å²) in [5.74, 6) is -1.60. The van der Waals surface area contributed by atoms with E-state index < -0.39 is 15.9 Å². The second kappa shape index (κ2) is 11.0. The third-order valence-corrected chi connectivity index (χ3v) is 7.75. The Balaban J connectivity index is 1.61. The van der Waals surface area contributed by atoms with Crippen LogP contribution in [0.3, 0.4) is 0 Å². The average molecular weight is 495 g/mol. The quantitative estimate of drug-likeness (QED) is 0.514. The molecule has 0 aromatic heterocycles. The molecule has 3 amide bonds. The van der Waals surface area contributed by atoms with E-state index in [1.807, 2.05) is 0 Å². The molecule has 1 aromatic rings. The van der Waals surface area contributed by atoms with Gasteiger partial charge in [-0.3, -0.25) is 19.2 Å². The van der Waals surface area contributed by atoms with E-state index in [4.69, 9.17) is 4.74 Å². The van der Waals surface area contributed by atoms with E-state index in [1.54, 1.807) is 11.8 Å². The number of piperazine rings is 1. The zero-order chi connectivity index (χ0) is 24.9. The summed E-state index contributed by atoms with van der Waals surface area (Å²) in [5, 5.41) is 2.57. The van der Waals surface area contributed by atoms with Gasteiger partial charge < -0.3 is 19.9 Å². The lowest BCUT2D eigenvalue weighted by atomic mass is 9.97. The summed E-state index contributed by atoms with van der Waals surface area (Å²) >= 11 is 0. The highest BCUT2D eigenvalue weighted by Crippen LogP contribution is 2.20. The molecule has 11 nitrogen and oxygen atoms in total. The molecule has 34 heavy (non-hydrogen) atoms. The van der Waals surface area contributed by atoms with Gasteiger partial charge in [0.2, 0.25) is 21.8 Å². The minimum atomic E-state index is -3.94. The van der Waals surface area contributed by atoms with Crippen molar-refractivity contribution in [3.05, 3.63) is 29.8 Å². The fourth-order valence-electron chi connectivity index (χ4n) is 3.98. The van der Waals surface area contributed by atoms with E-state index in [2.05, 4.69) is 5.32 Å². The molecule has 186 valence electrons. The van der Waals surface area contributed by atoms with Gasteiger partial charge in [0.25, 0.3) is 5.91 Å². The fraction of sp³-hybridized carbons (Fsp3) is 0.545. The van der Waals surface area contributed by atoms with E-state index in [9.17, 15) is 27.6 Å². The Kier molecular flexibility index (Phi) is 8.26. The Morgan fingerprint density at radius 1 is 1.18 bits per heavy atom. The van der Waals surface area contributed by atoms with Crippen LogP contribution in [0.2, 0.25) is 0 Å². The maximum atomic E-state index is 12.9. The fourth-order valence-corrected chi connectivity index (χ4v) is 5.42. The van der Waals surface area contributed by atoms with Crippen molar-refractivity contribution in [2.75, 3.05) is 52.9 Å². The number of nitrogens with one attached hydrogen (secondary N) is 1. The summed E-state index contributed by atoms with van der Waals surface area (Å²) in [6, 6.07) is 5.57. The maximum Gasteiger partial charge on any atom is 0.309 e. The summed E-state index contributed by atoms with van der Waals surface area (Å²) in [7, 11) is -2.47. The van der Waals surface area contributed by atoms with E-state index in [-0.39, 0.29) is 60.3 Å². The Morgan fingerprint density at radius 3 is 2.53 bits per heavy atom. The van der Waals surface area contributed by atoms with Crippen LogP contribution in [-0.4, -0.2) is 99.1 Å². The zero-order valence-electron chi connectivity index (χ0n) is 19.4. The summed E-state index contributed by atoms with van der Waals surface area (Å²) < 4.78 is 31.9. The van der Waals surface area contributed by atoms with E-state index in [1.165, 1.54) is 36.2 Å². The van der Waals surface area contributed by atoms with Crippen molar-refractivity contribution in [3.8, 4) is 0 Å². The minimum Gasteiger partial charge on any atom is -0.466 e. The Labute approximate surface area is 199 Å². The molecule has 12 heteroatoms. The van der Waals surface area contributed by atoms with Crippen molar-refractivity contribution in [3.63, 3.8) is 0 Å². The van der Waals surface area contributed by atoms with Crippen LogP contribution < -0.4 is 5.32 Å². The molecule has 2 heterocycles. The monoisotopic (exact) mass is 494 g/mol. The van der Waals surface area contributed by atoms with Gasteiger partial charge in [-0.15, -0.1) is 0 Å². The first-order chi connectivity index (χ1) is 16.1. The first-order valence-corrected chi connectivity index (χ1v) is 12.6. The molecule has 2 fully saturated rings. The van der Waals surface area contributed by atoms with Crippen molar-refractivity contribution in [2.45, 2.75) is 24.7 Å². The second-order valence-corrected chi connectivity index (χ2v) is 10.2. The van der Waals surface area contributed by atoms with Gasteiger partial charge in [0.05, 0.1) is 30.5 Å². The molecule has 1 aromatic carbocycles.